The lowest BCUT2D eigenvalue weighted by Gasteiger charge is -2.09. The standard InChI is InChI=1S/C16H18N3O2S/c1-11(20)17-16-18-13(14(22-16)15(21)19(2)3)10-9-12-7-5-4-6-8-12/h5-8H,9-10H2,1-3H3,(H,17,18,20). The summed E-state index contributed by atoms with van der Waals surface area (Å²) in [7, 11) is 3.41. The number of aryl methyl sites for hydroxylation is 2. The van der Waals surface area contributed by atoms with Crippen LogP contribution in [0.1, 0.15) is 27.9 Å². The van der Waals surface area contributed by atoms with E-state index in [9.17, 15) is 9.59 Å². The van der Waals surface area contributed by atoms with Gasteiger partial charge in [0.2, 0.25) is 5.91 Å². The molecule has 0 spiro atoms. The van der Waals surface area contributed by atoms with Gasteiger partial charge in [0.05, 0.1) is 5.69 Å². The first-order chi connectivity index (χ1) is 10.5. The predicted molar refractivity (Wildman–Crippen MR) is 87.1 cm³/mol. The molecule has 2 amide bonds. The Morgan fingerprint density at radius 2 is 1.95 bits per heavy atom. The minimum Gasteiger partial charge on any atom is -0.344 e. The van der Waals surface area contributed by atoms with Gasteiger partial charge in [-0.2, -0.15) is 0 Å². The first kappa shape index (κ1) is 16.2. The number of thiazole rings is 1. The summed E-state index contributed by atoms with van der Waals surface area (Å²) in [5.74, 6) is -0.284. The molecular formula is C16H18N3O2S. The molecule has 1 N–H and O–H groups in total. The van der Waals surface area contributed by atoms with Gasteiger partial charge in [-0.25, -0.2) is 4.98 Å². The van der Waals surface area contributed by atoms with Gasteiger partial charge in [0.25, 0.3) is 5.91 Å². The maximum Gasteiger partial charge on any atom is 0.265 e. The summed E-state index contributed by atoms with van der Waals surface area (Å²) in [4.78, 5) is 29.9. The number of nitrogens with zero attached hydrogens (tertiary/aromatic N) is 2. The zero-order chi connectivity index (χ0) is 16.1. The van der Waals surface area contributed by atoms with Crippen molar-refractivity contribution in [3.63, 3.8) is 0 Å². The Labute approximate surface area is 134 Å². The molecule has 6 heteroatoms. The van der Waals surface area contributed by atoms with Gasteiger partial charge in [0, 0.05) is 21.0 Å². The highest BCUT2D eigenvalue weighted by Crippen LogP contribution is 2.25. The van der Waals surface area contributed by atoms with E-state index in [0.717, 1.165) is 17.7 Å². The van der Waals surface area contributed by atoms with Gasteiger partial charge in [-0.05, 0) is 24.5 Å². The van der Waals surface area contributed by atoms with Crippen LogP contribution >= 0.6 is 11.3 Å². The number of hydrogen-bond acceptors (Lipinski definition) is 4. The molecule has 1 radical (unpaired) electrons. The highest BCUT2D eigenvalue weighted by molar-refractivity contribution is 7.17. The number of carbonyl (C=O) groups excluding carboxylic acids is 2. The van der Waals surface area contributed by atoms with E-state index in [1.807, 2.05) is 24.3 Å². The second kappa shape index (κ2) is 7.17. The molecule has 22 heavy (non-hydrogen) atoms. The maximum absolute atomic E-state index is 12.3. The molecule has 2 rings (SSSR count). The van der Waals surface area contributed by atoms with Crippen LogP contribution < -0.4 is 5.32 Å². The normalized spacial score (nSPS) is 10.3. The van der Waals surface area contributed by atoms with Crippen molar-refractivity contribution in [1.29, 1.82) is 0 Å². The third kappa shape index (κ3) is 4.14. The van der Waals surface area contributed by atoms with Gasteiger partial charge >= 0.3 is 0 Å². The van der Waals surface area contributed by atoms with Crippen LogP contribution in [0, 0.1) is 6.07 Å². The number of hydrogen-bond donors (Lipinski definition) is 1. The molecular weight excluding hydrogens is 298 g/mol. The fourth-order valence-electron chi connectivity index (χ4n) is 1.95. The minimum atomic E-state index is -0.192. The fraction of sp³-hybridized carbons (Fsp3) is 0.312. The lowest BCUT2D eigenvalue weighted by molar-refractivity contribution is -0.114. The van der Waals surface area contributed by atoms with Crippen LogP contribution in [0.25, 0.3) is 0 Å². The third-order valence-electron chi connectivity index (χ3n) is 3.02. The molecule has 1 aromatic carbocycles. The van der Waals surface area contributed by atoms with Crippen molar-refractivity contribution in [2.45, 2.75) is 19.8 Å². The summed E-state index contributed by atoms with van der Waals surface area (Å²) < 4.78 is 0. The molecule has 0 aliphatic carbocycles. The van der Waals surface area contributed by atoms with Gasteiger partial charge in [0.15, 0.2) is 5.13 Å². The minimum absolute atomic E-state index is 0.0921. The van der Waals surface area contributed by atoms with Crippen LogP contribution in [0.4, 0.5) is 5.13 Å². The summed E-state index contributed by atoms with van der Waals surface area (Å²) in [5.41, 5.74) is 1.89. The Morgan fingerprint density at radius 3 is 2.55 bits per heavy atom. The lowest BCUT2D eigenvalue weighted by Crippen LogP contribution is -2.22. The average molecular weight is 316 g/mol. The topological polar surface area (TPSA) is 62.3 Å². The van der Waals surface area contributed by atoms with Crippen LogP contribution in [0.3, 0.4) is 0 Å². The predicted octanol–water partition coefficient (Wildman–Crippen LogP) is 2.39. The zero-order valence-corrected chi connectivity index (χ0v) is 13.7. The monoisotopic (exact) mass is 316 g/mol. The second-order valence-electron chi connectivity index (χ2n) is 5.08. The van der Waals surface area contributed by atoms with Crippen LogP contribution in [0.5, 0.6) is 0 Å². The summed E-state index contributed by atoms with van der Waals surface area (Å²) in [6.07, 6.45) is 1.43. The Bertz CT molecular complexity index is 665. The Morgan fingerprint density at radius 1 is 1.27 bits per heavy atom. The molecule has 0 saturated carbocycles. The van der Waals surface area contributed by atoms with Gasteiger partial charge < -0.3 is 10.2 Å². The lowest BCUT2D eigenvalue weighted by atomic mass is 10.1. The number of rotatable bonds is 5. The molecule has 0 atom stereocenters. The van der Waals surface area contributed by atoms with Crippen molar-refractivity contribution in [1.82, 2.24) is 9.88 Å². The van der Waals surface area contributed by atoms with Crippen molar-refractivity contribution in [2.24, 2.45) is 0 Å². The maximum atomic E-state index is 12.3. The number of aromatic nitrogens is 1. The van der Waals surface area contributed by atoms with Crippen LogP contribution in [0.15, 0.2) is 24.3 Å². The first-order valence-corrected chi connectivity index (χ1v) is 7.73. The first-order valence-electron chi connectivity index (χ1n) is 6.91. The number of carbonyl (C=O) groups is 2. The van der Waals surface area contributed by atoms with Crippen LogP contribution in [0.2, 0.25) is 0 Å². The molecule has 0 unspecified atom stereocenters. The summed E-state index contributed by atoms with van der Waals surface area (Å²) >= 11 is 1.22. The molecule has 1 aromatic heterocycles. The summed E-state index contributed by atoms with van der Waals surface area (Å²) in [5, 5.41) is 3.12. The summed E-state index contributed by atoms with van der Waals surface area (Å²) in [6, 6.07) is 10.7. The van der Waals surface area contributed by atoms with Gasteiger partial charge in [-0.1, -0.05) is 35.6 Å². The van der Waals surface area contributed by atoms with Crippen molar-refractivity contribution in [2.75, 3.05) is 19.4 Å². The van der Waals surface area contributed by atoms with Crippen molar-refractivity contribution in [3.05, 3.63) is 46.5 Å². The quantitative estimate of drug-likeness (QED) is 0.921. The van der Waals surface area contributed by atoms with E-state index in [-0.39, 0.29) is 11.8 Å². The van der Waals surface area contributed by atoms with E-state index in [0.29, 0.717) is 16.4 Å². The largest absolute Gasteiger partial charge is 0.344 e. The van der Waals surface area contributed by atoms with E-state index in [1.54, 1.807) is 14.1 Å². The average Bonchev–Trinajstić information content (AvgIpc) is 2.87. The molecule has 0 bridgehead atoms. The molecule has 0 aliphatic rings. The Balaban J connectivity index is 2.21. The fourth-order valence-corrected chi connectivity index (χ4v) is 3.03. The van der Waals surface area contributed by atoms with E-state index in [1.165, 1.54) is 23.2 Å². The number of nitrogens with one attached hydrogen (secondary N) is 1. The van der Waals surface area contributed by atoms with E-state index >= 15 is 0 Å². The number of amides is 2. The Hall–Kier alpha value is -2.21. The van der Waals surface area contributed by atoms with Crippen LogP contribution in [-0.4, -0.2) is 35.8 Å². The smallest absolute Gasteiger partial charge is 0.265 e. The molecule has 115 valence electrons. The molecule has 0 aliphatic heterocycles. The van der Waals surface area contributed by atoms with Gasteiger partial charge in [0.1, 0.15) is 4.88 Å². The van der Waals surface area contributed by atoms with E-state index < -0.39 is 0 Å². The molecule has 1 heterocycles. The molecule has 0 saturated heterocycles. The highest BCUT2D eigenvalue weighted by atomic mass is 32.1. The zero-order valence-electron chi connectivity index (χ0n) is 12.8. The number of benzene rings is 1. The summed E-state index contributed by atoms with van der Waals surface area (Å²) in [6.45, 7) is 1.43. The van der Waals surface area contributed by atoms with Crippen molar-refractivity contribution >= 4 is 28.3 Å². The number of anilines is 1. The van der Waals surface area contributed by atoms with Crippen molar-refractivity contribution in [3.8, 4) is 0 Å². The SMILES string of the molecule is CC(=O)Nc1nc(CCc2cc[c]cc2)c(C(=O)N(C)C)s1. The van der Waals surface area contributed by atoms with E-state index in [2.05, 4.69) is 16.4 Å². The van der Waals surface area contributed by atoms with Crippen molar-refractivity contribution < 1.29 is 9.59 Å². The third-order valence-corrected chi connectivity index (χ3v) is 4.02. The Kier molecular flexibility index (Phi) is 5.27. The molecule has 0 fully saturated rings. The van der Waals surface area contributed by atoms with E-state index in [4.69, 9.17) is 0 Å². The van der Waals surface area contributed by atoms with Gasteiger partial charge in [-0.15, -0.1) is 0 Å². The van der Waals surface area contributed by atoms with Gasteiger partial charge in [-0.3, -0.25) is 9.59 Å². The highest BCUT2D eigenvalue weighted by Gasteiger charge is 2.19. The second-order valence-corrected chi connectivity index (χ2v) is 6.08. The molecule has 2 aromatic rings. The molecule has 5 nitrogen and oxygen atoms in total. The van der Waals surface area contributed by atoms with Crippen LogP contribution in [-0.2, 0) is 17.6 Å².